The van der Waals surface area contributed by atoms with E-state index in [1.54, 1.807) is 51.1 Å². The summed E-state index contributed by atoms with van der Waals surface area (Å²) in [5.74, 6) is -0.477. The fraction of sp³-hybridized carbons (Fsp3) is 0.250. The Balaban J connectivity index is 2.28. The molecule has 0 saturated carbocycles. The minimum absolute atomic E-state index is 0.477. The maximum atomic E-state index is 12.7. The van der Waals surface area contributed by atoms with Crippen molar-refractivity contribution in [2.24, 2.45) is 0 Å². The van der Waals surface area contributed by atoms with Gasteiger partial charge in [-0.25, -0.2) is 4.79 Å². The molecule has 0 amide bonds. The third kappa shape index (κ3) is 5.48. The normalized spacial score (nSPS) is 12.4. The standard InChI is InChI=1S/C20H19F3O2/c1-19(2,3)25-18(24)13-10-14-6-4-5-7-17(14)15-8-11-16(12-9-15)20(21,22)23/h4-13H,1-3H3/b13-10+. The number of hydrogen-bond acceptors (Lipinski definition) is 2. The van der Waals surface area contributed by atoms with Gasteiger partial charge in [0.15, 0.2) is 0 Å². The molecule has 0 aliphatic carbocycles. The Kier molecular flexibility index (Phi) is 5.36. The van der Waals surface area contributed by atoms with Gasteiger partial charge in [0.05, 0.1) is 5.56 Å². The van der Waals surface area contributed by atoms with Crippen molar-refractivity contribution >= 4 is 12.0 Å². The number of halogens is 3. The summed E-state index contributed by atoms with van der Waals surface area (Å²) in [6.45, 7) is 5.32. The maximum absolute atomic E-state index is 12.7. The number of carbonyl (C=O) groups excluding carboxylic acids is 1. The third-order valence-corrected chi connectivity index (χ3v) is 3.29. The van der Waals surface area contributed by atoms with Gasteiger partial charge in [0.1, 0.15) is 5.60 Å². The molecule has 2 nitrogen and oxygen atoms in total. The van der Waals surface area contributed by atoms with Gasteiger partial charge in [-0.1, -0.05) is 36.4 Å². The summed E-state index contributed by atoms with van der Waals surface area (Å²) < 4.78 is 43.3. The second kappa shape index (κ2) is 7.13. The smallest absolute Gasteiger partial charge is 0.416 e. The first-order valence-corrected chi connectivity index (χ1v) is 7.74. The van der Waals surface area contributed by atoms with E-state index in [0.29, 0.717) is 11.1 Å². The quantitative estimate of drug-likeness (QED) is 0.523. The van der Waals surface area contributed by atoms with Crippen molar-refractivity contribution in [2.45, 2.75) is 32.5 Å². The van der Waals surface area contributed by atoms with Crippen LogP contribution < -0.4 is 0 Å². The number of esters is 1. The lowest BCUT2D eigenvalue weighted by Crippen LogP contribution is -2.22. The largest absolute Gasteiger partial charge is 0.457 e. The summed E-state index contributed by atoms with van der Waals surface area (Å²) in [6, 6.07) is 12.1. The van der Waals surface area contributed by atoms with Crippen LogP contribution in [0.2, 0.25) is 0 Å². The molecule has 0 spiro atoms. The van der Waals surface area contributed by atoms with E-state index in [9.17, 15) is 18.0 Å². The van der Waals surface area contributed by atoms with Crippen LogP contribution >= 0.6 is 0 Å². The predicted octanol–water partition coefficient (Wildman–Crippen LogP) is 5.73. The highest BCUT2D eigenvalue weighted by Gasteiger charge is 2.30. The van der Waals surface area contributed by atoms with Gasteiger partial charge in [0.2, 0.25) is 0 Å². The summed E-state index contributed by atoms with van der Waals surface area (Å²) in [5.41, 5.74) is 0.800. The molecule has 2 rings (SSSR count). The fourth-order valence-electron chi connectivity index (χ4n) is 2.24. The summed E-state index contributed by atoms with van der Waals surface area (Å²) in [4.78, 5) is 11.8. The second-order valence-electron chi connectivity index (χ2n) is 6.53. The molecule has 0 atom stereocenters. The molecule has 0 heterocycles. The van der Waals surface area contributed by atoms with E-state index in [0.717, 1.165) is 17.7 Å². The Morgan fingerprint density at radius 1 is 0.960 bits per heavy atom. The van der Waals surface area contributed by atoms with Gasteiger partial charge in [0.25, 0.3) is 0 Å². The molecule has 0 aromatic heterocycles. The summed E-state index contributed by atoms with van der Waals surface area (Å²) in [6.07, 6.45) is -1.45. The van der Waals surface area contributed by atoms with Crippen molar-refractivity contribution in [3.8, 4) is 11.1 Å². The van der Waals surface area contributed by atoms with Crippen molar-refractivity contribution < 1.29 is 22.7 Å². The first kappa shape index (κ1) is 18.8. The summed E-state index contributed by atoms with van der Waals surface area (Å²) in [7, 11) is 0. The zero-order valence-electron chi connectivity index (χ0n) is 14.2. The van der Waals surface area contributed by atoms with E-state index in [-0.39, 0.29) is 0 Å². The summed E-state index contributed by atoms with van der Waals surface area (Å²) in [5, 5.41) is 0. The molecule has 0 aliphatic rings. The Hall–Kier alpha value is -2.56. The number of benzene rings is 2. The van der Waals surface area contributed by atoms with Gasteiger partial charge < -0.3 is 4.74 Å². The molecule has 0 bridgehead atoms. The zero-order chi connectivity index (χ0) is 18.7. The molecule has 25 heavy (non-hydrogen) atoms. The van der Waals surface area contributed by atoms with Gasteiger partial charge in [-0.05, 0) is 55.7 Å². The molecular formula is C20H19F3O2. The van der Waals surface area contributed by atoms with Gasteiger partial charge in [0, 0.05) is 6.08 Å². The first-order valence-electron chi connectivity index (χ1n) is 7.74. The molecular weight excluding hydrogens is 329 g/mol. The Labute approximate surface area is 144 Å². The van der Waals surface area contributed by atoms with Crippen molar-refractivity contribution in [3.63, 3.8) is 0 Å². The van der Waals surface area contributed by atoms with Crippen LogP contribution in [-0.4, -0.2) is 11.6 Å². The van der Waals surface area contributed by atoms with Crippen LogP contribution in [0.5, 0.6) is 0 Å². The van der Waals surface area contributed by atoms with Crippen LogP contribution in [0, 0.1) is 0 Å². The molecule has 0 radical (unpaired) electrons. The van der Waals surface area contributed by atoms with Crippen LogP contribution in [0.1, 0.15) is 31.9 Å². The van der Waals surface area contributed by atoms with E-state index in [1.165, 1.54) is 18.2 Å². The van der Waals surface area contributed by atoms with E-state index >= 15 is 0 Å². The van der Waals surface area contributed by atoms with Crippen LogP contribution in [0.4, 0.5) is 13.2 Å². The molecule has 2 aromatic carbocycles. The highest BCUT2D eigenvalue weighted by Crippen LogP contribution is 2.32. The molecule has 2 aromatic rings. The van der Waals surface area contributed by atoms with Gasteiger partial charge in [-0.15, -0.1) is 0 Å². The molecule has 0 saturated heterocycles. The molecule has 0 fully saturated rings. The number of alkyl halides is 3. The van der Waals surface area contributed by atoms with Gasteiger partial charge in [-0.2, -0.15) is 13.2 Å². The van der Waals surface area contributed by atoms with Crippen LogP contribution in [0.25, 0.3) is 17.2 Å². The van der Waals surface area contributed by atoms with Gasteiger partial charge >= 0.3 is 12.1 Å². The predicted molar refractivity (Wildman–Crippen MR) is 91.8 cm³/mol. The van der Waals surface area contributed by atoms with Crippen molar-refractivity contribution in [1.82, 2.24) is 0 Å². The lowest BCUT2D eigenvalue weighted by molar-refractivity contribution is -0.148. The maximum Gasteiger partial charge on any atom is 0.416 e. The Bertz CT molecular complexity index is 767. The van der Waals surface area contributed by atoms with Crippen molar-refractivity contribution in [1.29, 1.82) is 0 Å². The number of carbonyl (C=O) groups is 1. The zero-order valence-corrected chi connectivity index (χ0v) is 14.2. The molecule has 0 aliphatic heterocycles. The highest BCUT2D eigenvalue weighted by atomic mass is 19.4. The summed E-state index contributed by atoms with van der Waals surface area (Å²) >= 11 is 0. The fourth-order valence-corrected chi connectivity index (χ4v) is 2.24. The minimum Gasteiger partial charge on any atom is -0.457 e. The monoisotopic (exact) mass is 348 g/mol. The van der Waals surface area contributed by atoms with Crippen LogP contribution in [0.15, 0.2) is 54.6 Å². The molecule has 132 valence electrons. The van der Waals surface area contributed by atoms with E-state index in [1.807, 2.05) is 0 Å². The van der Waals surface area contributed by atoms with Crippen molar-refractivity contribution in [3.05, 3.63) is 65.7 Å². The van der Waals surface area contributed by atoms with Crippen LogP contribution in [0.3, 0.4) is 0 Å². The average Bonchev–Trinajstić information content (AvgIpc) is 2.51. The van der Waals surface area contributed by atoms with Crippen LogP contribution in [-0.2, 0) is 15.7 Å². The van der Waals surface area contributed by atoms with Crippen molar-refractivity contribution in [2.75, 3.05) is 0 Å². The Morgan fingerprint density at radius 2 is 1.56 bits per heavy atom. The number of hydrogen-bond donors (Lipinski definition) is 0. The first-order chi connectivity index (χ1) is 11.6. The topological polar surface area (TPSA) is 26.3 Å². The highest BCUT2D eigenvalue weighted by molar-refractivity contribution is 5.89. The third-order valence-electron chi connectivity index (χ3n) is 3.29. The lowest BCUT2D eigenvalue weighted by atomic mass is 9.98. The lowest BCUT2D eigenvalue weighted by Gasteiger charge is -2.18. The average molecular weight is 348 g/mol. The number of rotatable bonds is 3. The molecule has 0 N–H and O–H groups in total. The van der Waals surface area contributed by atoms with E-state index in [2.05, 4.69) is 0 Å². The van der Waals surface area contributed by atoms with E-state index in [4.69, 9.17) is 4.74 Å². The Morgan fingerprint density at radius 3 is 2.12 bits per heavy atom. The van der Waals surface area contributed by atoms with Gasteiger partial charge in [-0.3, -0.25) is 0 Å². The second-order valence-corrected chi connectivity index (χ2v) is 6.53. The SMILES string of the molecule is CC(C)(C)OC(=O)/C=C/c1ccccc1-c1ccc(C(F)(F)F)cc1. The van der Waals surface area contributed by atoms with E-state index < -0.39 is 23.3 Å². The molecule has 5 heteroatoms. The minimum atomic E-state index is -4.37. The molecule has 0 unspecified atom stereocenters. The number of ether oxygens (including phenoxy) is 1.